The summed E-state index contributed by atoms with van der Waals surface area (Å²) in [5.74, 6) is -0.320. The molecule has 15 heavy (non-hydrogen) atoms. The van der Waals surface area contributed by atoms with E-state index < -0.39 is 0 Å². The molecule has 5 heteroatoms. The second-order valence-electron chi connectivity index (χ2n) is 3.03. The normalized spacial score (nSPS) is 19.0. The fourth-order valence-electron chi connectivity index (χ4n) is 1.29. The van der Waals surface area contributed by atoms with E-state index in [0.717, 1.165) is 22.9 Å². The molecule has 0 atom stereocenters. The lowest BCUT2D eigenvalue weighted by atomic mass is 10.1. The molecule has 1 aliphatic heterocycles. The van der Waals surface area contributed by atoms with Gasteiger partial charge in [-0.15, -0.1) is 0 Å². The number of carbonyl (C=O) groups is 2. The van der Waals surface area contributed by atoms with Gasteiger partial charge in [0.1, 0.15) is 0 Å². The SMILES string of the molecule is C/C(=C1/SC(=O)NC1=O)c1ccncc1. The molecule has 1 saturated heterocycles. The minimum atomic E-state index is -0.320. The number of hydrogen-bond acceptors (Lipinski definition) is 4. The number of carbonyl (C=O) groups excluding carboxylic acids is 2. The fourth-order valence-corrected chi connectivity index (χ4v) is 2.04. The number of hydrogen-bond donors (Lipinski definition) is 1. The van der Waals surface area contributed by atoms with E-state index >= 15 is 0 Å². The molecular weight excluding hydrogens is 212 g/mol. The highest BCUT2D eigenvalue weighted by Crippen LogP contribution is 2.30. The summed E-state index contributed by atoms with van der Waals surface area (Å²) in [6.45, 7) is 1.82. The van der Waals surface area contributed by atoms with E-state index in [-0.39, 0.29) is 11.1 Å². The van der Waals surface area contributed by atoms with Crippen molar-refractivity contribution in [3.63, 3.8) is 0 Å². The third-order valence-electron chi connectivity index (χ3n) is 2.07. The molecule has 4 nitrogen and oxygen atoms in total. The first-order valence-electron chi connectivity index (χ1n) is 4.33. The Bertz CT molecular complexity index is 454. The van der Waals surface area contributed by atoms with Crippen LogP contribution in [0.3, 0.4) is 0 Å². The number of allylic oxidation sites excluding steroid dienone is 1. The third-order valence-corrected chi connectivity index (χ3v) is 3.05. The monoisotopic (exact) mass is 220 g/mol. The predicted octanol–water partition coefficient (Wildman–Crippen LogP) is 1.80. The molecule has 1 aliphatic rings. The summed E-state index contributed by atoms with van der Waals surface area (Å²) in [7, 11) is 0. The molecule has 1 fully saturated rings. The van der Waals surface area contributed by atoms with E-state index in [9.17, 15) is 9.59 Å². The summed E-state index contributed by atoms with van der Waals surface area (Å²) in [5, 5.41) is 1.91. The second kappa shape index (κ2) is 3.86. The van der Waals surface area contributed by atoms with Crippen LogP contribution in [-0.4, -0.2) is 16.1 Å². The van der Waals surface area contributed by atoms with E-state index in [1.807, 2.05) is 6.92 Å². The first-order valence-corrected chi connectivity index (χ1v) is 5.14. The van der Waals surface area contributed by atoms with Gasteiger partial charge in [-0.25, -0.2) is 0 Å². The van der Waals surface area contributed by atoms with Crippen LogP contribution >= 0.6 is 11.8 Å². The van der Waals surface area contributed by atoms with Crippen LogP contribution in [-0.2, 0) is 4.79 Å². The number of thioether (sulfide) groups is 1. The van der Waals surface area contributed by atoms with Crippen molar-refractivity contribution in [1.82, 2.24) is 10.3 Å². The van der Waals surface area contributed by atoms with Crippen molar-refractivity contribution in [3.05, 3.63) is 35.0 Å². The standard InChI is InChI=1S/C10H8N2O2S/c1-6(7-2-4-11-5-3-7)8-9(13)12-10(14)15-8/h2-5H,1H3,(H,12,13,14)/b8-6-. The maximum atomic E-state index is 11.4. The van der Waals surface area contributed by atoms with Gasteiger partial charge in [0.15, 0.2) is 0 Å². The molecule has 1 aromatic rings. The number of imide groups is 1. The van der Waals surface area contributed by atoms with E-state index in [0.29, 0.717) is 4.91 Å². The van der Waals surface area contributed by atoms with E-state index in [4.69, 9.17) is 0 Å². The topological polar surface area (TPSA) is 59.1 Å². The van der Waals surface area contributed by atoms with Crippen molar-refractivity contribution >= 4 is 28.5 Å². The zero-order valence-corrected chi connectivity index (χ0v) is 8.80. The van der Waals surface area contributed by atoms with Crippen LogP contribution < -0.4 is 5.32 Å². The molecule has 2 heterocycles. The van der Waals surface area contributed by atoms with Gasteiger partial charge < -0.3 is 0 Å². The van der Waals surface area contributed by atoms with Crippen LogP contribution in [0.1, 0.15) is 12.5 Å². The number of pyridine rings is 1. The molecule has 0 unspecified atom stereocenters. The van der Waals surface area contributed by atoms with Gasteiger partial charge in [0.25, 0.3) is 11.1 Å². The molecule has 1 aromatic heterocycles. The summed E-state index contributed by atoms with van der Waals surface area (Å²) >= 11 is 0.936. The van der Waals surface area contributed by atoms with Crippen LogP contribution in [0.5, 0.6) is 0 Å². The quantitative estimate of drug-likeness (QED) is 0.733. The van der Waals surface area contributed by atoms with Crippen LogP contribution in [0.15, 0.2) is 29.4 Å². The summed E-state index contributed by atoms with van der Waals surface area (Å²) < 4.78 is 0. The molecule has 76 valence electrons. The third kappa shape index (κ3) is 1.92. The van der Waals surface area contributed by atoms with Crippen molar-refractivity contribution in [1.29, 1.82) is 0 Å². The Morgan fingerprint density at radius 2 is 2.00 bits per heavy atom. The lowest BCUT2D eigenvalue weighted by molar-refractivity contribution is -0.115. The van der Waals surface area contributed by atoms with Gasteiger partial charge in [0, 0.05) is 12.4 Å². The summed E-state index contributed by atoms with van der Waals surface area (Å²) in [4.78, 5) is 26.7. The Morgan fingerprint density at radius 1 is 1.33 bits per heavy atom. The Balaban J connectivity index is 2.42. The van der Waals surface area contributed by atoms with Crippen molar-refractivity contribution < 1.29 is 9.59 Å². The van der Waals surface area contributed by atoms with Gasteiger partial charge >= 0.3 is 0 Å². The second-order valence-corrected chi connectivity index (χ2v) is 4.02. The maximum absolute atomic E-state index is 11.4. The highest BCUT2D eigenvalue weighted by Gasteiger charge is 2.27. The molecule has 1 N–H and O–H groups in total. The van der Waals surface area contributed by atoms with Gasteiger partial charge in [0.05, 0.1) is 4.91 Å². The summed E-state index contributed by atoms with van der Waals surface area (Å²) in [6, 6.07) is 3.61. The van der Waals surface area contributed by atoms with E-state index in [1.54, 1.807) is 24.5 Å². The predicted molar refractivity (Wildman–Crippen MR) is 58.0 cm³/mol. The number of aromatic nitrogens is 1. The molecule has 0 aliphatic carbocycles. The Kier molecular flexibility index (Phi) is 2.55. The smallest absolute Gasteiger partial charge is 0.282 e. The minimum absolute atomic E-state index is 0.316. The average molecular weight is 220 g/mol. The Labute approximate surface area is 90.8 Å². The molecule has 0 aromatic carbocycles. The number of amides is 2. The molecule has 0 bridgehead atoms. The van der Waals surface area contributed by atoms with Crippen molar-refractivity contribution in [2.45, 2.75) is 6.92 Å². The van der Waals surface area contributed by atoms with E-state index in [2.05, 4.69) is 10.3 Å². The fraction of sp³-hybridized carbons (Fsp3) is 0.100. The lowest BCUT2D eigenvalue weighted by Crippen LogP contribution is -2.18. The number of nitrogens with one attached hydrogen (secondary N) is 1. The zero-order valence-electron chi connectivity index (χ0n) is 7.98. The number of nitrogens with zero attached hydrogens (tertiary/aromatic N) is 1. The van der Waals surface area contributed by atoms with Crippen LogP contribution in [0.4, 0.5) is 4.79 Å². The molecule has 2 amide bonds. The average Bonchev–Trinajstić information content (AvgIpc) is 2.58. The summed E-state index contributed by atoms with van der Waals surface area (Å²) in [6.07, 6.45) is 3.30. The highest BCUT2D eigenvalue weighted by atomic mass is 32.2. The molecule has 2 rings (SSSR count). The van der Waals surface area contributed by atoms with Crippen LogP contribution in [0.2, 0.25) is 0 Å². The largest absolute Gasteiger partial charge is 0.290 e. The first-order chi connectivity index (χ1) is 7.18. The lowest BCUT2D eigenvalue weighted by Gasteiger charge is -2.02. The molecule has 0 spiro atoms. The maximum Gasteiger partial charge on any atom is 0.290 e. The minimum Gasteiger partial charge on any atom is -0.282 e. The van der Waals surface area contributed by atoms with Gasteiger partial charge in [-0.3, -0.25) is 19.9 Å². The van der Waals surface area contributed by atoms with Gasteiger partial charge in [0.2, 0.25) is 0 Å². The van der Waals surface area contributed by atoms with E-state index in [1.165, 1.54) is 0 Å². The number of rotatable bonds is 1. The first kappa shape index (κ1) is 9.92. The van der Waals surface area contributed by atoms with Gasteiger partial charge in [-0.1, -0.05) is 0 Å². The van der Waals surface area contributed by atoms with Crippen LogP contribution in [0, 0.1) is 0 Å². The summed E-state index contributed by atoms with van der Waals surface area (Å²) in [5.41, 5.74) is 1.70. The van der Waals surface area contributed by atoms with Crippen molar-refractivity contribution in [3.8, 4) is 0 Å². The van der Waals surface area contributed by atoms with Crippen LogP contribution in [0.25, 0.3) is 5.57 Å². The van der Waals surface area contributed by atoms with Gasteiger partial charge in [-0.05, 0) is 42.0 Å². The molecule has 0 saturated carbocycles. The van der Waals surface area contributed by atoms with Crippen molar-refractivity contribution in [2.24, 2.45) is 0 Å². The van der Waals surface area contributed by atoms with Crippen molar-refractivity contribution in [2.75, 3.05) is 0 Å². The van der Waals surface area contributed by atoms with Gasteiger partial charge in [-0.2, -0.15) is 0 Å². The molecular formula is C10H8N2O2S. The highest BCUT2D eigenvalue weighted by molar-refractivity contribution is 8.18. The Hall–Kier alpha value is -1.62. The Morgan fingerprint density at radius 3 is 2.53 bits per heavy atom. The molecule has 0 radical (unpaired) electrons. The zero-order chi connectivity index (χ0) is 10.8.